The molecule has 0 saturated heterocycles. The third-order valence-electron chi connectivity index (χ3n) is 8.56. The van der Waals surface area contributed by atoms with Crippen LogP contribution in [0.2, 0.25) is 36.3 Å². The summed E-state index contributed by atoms with van der Waals surface area (Å²) in [5, 5.41) is 0.555. The first-order chi connectivity index (χ1) is 15.9. The summed E-state index contributed by atoms with van der Waals surface area (Å²) in [5.74, 6) is 32.8. The number of hydrogen-bond acceptors (Lipinski definition) is 0. The second kappa shape index (κ2) is 9.03. The molecule has 0 heterocycles. The Bertz CT molecular complexity index is 1140. The monoisotopic (exact) mass is 494 g/mol. The third-order valence-corrected chi connectivity index (χ3v) is 17.6. The summed E-state index contributed by atoms with van der Waals surface area (Å²) < 4.78 is 0. The van der Waals surface area contributed by atoms with Crippen molar-refractivity contribution in [2.75, 3.05) is 0 Å². The molecule has 0 radical (unpaired) electrons. The van der Waals surface area contributed by atoms with Gasteiger partial charge in [-0.1, -0.05) is 103 Å². The van der Waals surface area contributed by atoms with Gasteiger partial charge in [0.15, 0.2) is 0 Å². The lowest BCUT2D eigenvalue weighted by Crippen LogP contribution is -2.35. The van der Waals surface area contributed by atoms with Gasteiger partial charge in [-0.05, 0) is 72.3 Å². The minimum atomic E-state index is -1.60. The van der Waals surface area contributed by atoms with E-state index in [1.165, 1.54) is 0 Å². The maximum absolute atomic E-state index is 3.64. The van der Waals surface area contributed by atoms with Crippen molar-refractivity contribution >= 4 is 16.1 Å². The summed E-state index contributed by atoms with van der Waals surface area (Å²) in [5.41, 5.74) is 6.86. The molecule has 0 aromatic heterocycles. The van der Waals surface area contributed by atoms with E-state index in [0.717, 1.165) is 38.5 Å². The average Bonchev–Trinajstić information content (AvgIpc) is 3.62. The average molecular weight is 495 g/mol. The fraction of sp³-hybridized carbons (Fsp3) is 0.636. The van der Waals surface area contributed by atoms with Crippen LogP contribution in [0.4, 0.5) is 0 Å². The lowest BCUT2D eigenvalue weighted by atomic mass is 10.1. The Morgan fingerprint density at radius 1 is 0.429 bits per heavy atom. The molecule has 0 aromatic rings. The molecular formula is C33H42Si2. The van der Waals surface area contributed by atoms with Crippen LogP contribution in [0.1, 0.15) is 80.1 Å². The van der Waals surface area contributed by atoms with Gasteiger partial charge in [-0.25, -0.2) is 0 Å². The normalized spacial score (nSPS) is 20.1. The van der Waals surface area contributed by atoms with E-state index in [2.05, 4.69) is 138 Å². The molecule has 3 aliphatic rings. The predicted molar refractivity (Wildman–Crippen MR) is 156 cm³/mol. The summed E-state index contributed by atoms with van der Waals surface area (Å²) in [7, 11) is -3.19. The van der Waals surface area contributed by atoms with E-state index in [1.807, 2.05) is 0 Å². The van der Waals surface area contributed by atoms with Gasteiger partial charge < -0.3 is 0 Å². The van der Waals surface area contributed by atoms with Gasteiger partial charge in [0, 0.05) is 0 Å². The second-order valence-electron chi connectivity index (χ2n) is 14.0. The van der Waals surface area contributed by atoms with Crippen molar-refractivity contribution in [2.24, 2.45) is 16.2 Å². The highest BCUT2D eigenvalue weighted by Gasteiger charge is 2.43. The molecule has 0 atom stereocenters. The summed E-state index contributed by atoms with van der Waals surface area (Å²) in [6.45, 7) is 23.2. The molecule has 3 saturated carbocycles. The van der Waals surface area contributed by atoms with Crippen molar-refractivity contribution in [3.05, 3.63) is 0 Å². The molecule has 2 heteroatoms. The lowest BCUT2D eigenvalue weighted by Gasteiger charge is -2.31. The van der Waals surface area contributed by atoms with Crippen LogP contribution in [-0.4, -0.2) is 16.1 Å². The largest absolute Gasteiger partial charge is 0.137 e. The Kier molecular flexibility index (Phi) is 7.06. The minimum Gasteiger partial charge on any atom is -0.130 e. The SMILES string of the molecule is CC(C)(C)[Si](C)(C)C#CC1(C#CC#CC2(C#CC#CC3(C#C[Si](C)(C)C(C)(C)C)CC3)CC2)CC1. The van der Waals surface area contributed by atoms with E-state index in [0.29, 0.717) is 0 Å². The van der Waals surface area contributed by atoms with E-state index < -0.39 is 16.1 Å². The molecule has 182 valence electrons. The highest BCUT2D eigenvalue weighted by molar-refractivity contribution is 6.88. The van der Waals surface area contributed by atoms with Crippen molar-refractivity contribution in [3.8, 4) is 70.3 Å². The fourth-order valence-electron chi connectivity index (χ4n) is 2.75. The smallest absolute Gasteiger partial charge is 0.130 e. The molecule has 3 fully saturated rings. The Morgan fingerprint density at radius 2 is 0.657 bits per heavy atom. The second-order valence-corrected chi connectivity index (χ2v) is 24.0. The molecule has 0 aliphatic heterocycles. The Morgan fingerprint density at radius 3 is 0.857 bits per heavy atom. The first kappa shape index (κ1) is 27.4. The highest BCUT2D eigenvalue weighted by Crippen LogP contribution is 2.47. The van der Waals surface area contributed by atoms with Gasteiger partial charge in [0.2, 0.25) is 0 Å². The number of hydrogen-bond donors (Lipinski definition) is 0. The van der Waals surface area contributed by atoms with Crippen molar-refractivity contribution in [3.63, 3.8) is 0 Å². The summed E-state index contributed by atoms with van der Waals surface area (Å²) >= 11 is 0. The standard InChI is InChI=1S/C33H42Si2/c1-29(2,3)34(7,8)27-25-32(21-22-32)17-13-11-15-31(19-20-31)16-12-14-18-33(23-24-33)26-28-35(9,10)30(4,5)6/h19-24H2,1-10H3. The van der Waals surface area contributed by atoms with E-state index in [4.69, 9.17) is 0 Å². The maximum Gasteiger partial charge on any atom is 0.137 e. The van der Waals surface area contributed by atoms with Crippen LogP contribution in [0.25, 0.3) is 0 Å². The molecule has 0 bridgehead atoms. The maximum atomic E-state index is 3.64. The topological polar surface area (TPSA) is 0 Å². The molecule has 3 aliphatic carbocycles. The molecule has 0 aromatic carbocycles. The van der Waals surface area contributed by atoms with E-state index >= 15 is 0 Å². The Balaban J connectivity index is 1.64. The molecule has 3 rings (SSSR count). The third kappa shape index (κ3) is 7.16. The van der Waals surface area contributed by atoms with Crippen molar-refractivity contribution in [1.82, 2.24) is 0 Å². The fourth-order valence-corrected chi connectivity index (χ4v) is 4.60. The van der Waals surface area contributed by atoms with Gasteiger partial charge in [-0.15, -0.1) is 11.1 Å². The molecule has 0 unspecified atom stereocenters. The molecule has 0 nitrogen and oxygen atoms in total. The van der Waals surface area contributed by atoms with Gasteiger partial charge in [-0.3, -0.25) is 0 Å². The summed E-state index contributed by atoms with van der Waals surface area (Å²) in [4.78, 5) is 0. The quantitative estimate of drug-likeness (QED) is 0.242. The van der Waals surface area contributed by atoms with E-state index in [1.54, 1.807) is 0 Å². The van der Waals surface area contributed by atoms with Crippen LogP contribution >= 0.6 is 0 Å². The first-order valence-corrected chi connectivity index (χ1v) is 19.1. The van der Waals surface area contributed by atoms with Crippen molar-refractivity contribution in [1.29, 1.82) is 0 Å². The highest BCUT2D eigenvalue weighted by atomic mass is 28.3. The minimum absolute atomic E-state index is 0.109. The predicted octanol–water partition coefficient (Wildman–Crippen LogP) is 7.44. The van der Waals surface area contributed by atoms with Gasteiger partial charge in [-0.2, -0.15) is 0 Å². The molecule has 0 spiro atoms. The zero-order valence-corrected chi connectivity index (χ0v) is 25.7. The molecule has 0 N–H and O–H groups in total. The van der Waals surface area contributed by atoms with Crippen LogP contribution in [0.5, 0.6) is 0 Å². The van der Waals surface area contributed by atoms with Crippen LogP contribution in [0.3, 0.4) is 0 Å². The van der Waals surface area contributed by atoms with Gasteiger partial charge in [0.25, 0.3) is 0 Å². The summed E-state index contributed by atoms with van der Waals surface area (Å²) in [6.07, 6.45) is 6.33. The zero-order chi connectivity index (χ0) is 26.2. The molecule has 35 heavy (non-hydrogen) atoms. The van der Waals surface area contributed by atoms with Crippen LogP contribution in [-0.2, 0) is 0 Å². The van der Waals surface area contributed by atoms with Crippen LogP contribution < -0.4 is 0 Å². The van der Waals surface area contributed by atoms with Crippen LogP contribution in [0, 0.1) is 86.5 Å². The van der Waals surface area contributed by atoms with Crippen molar-refractivity contribution in [2.45, 2.75) is 116 Å². The zero-order valence-electron chi connectivity index (χ0n) is 23.7. The van der Waals surface area contributed by atoms with Gasteiger partial charge in [0.1, 0.15) is 16.1 Å². The first-order valence-electron chi connectivity index (χ1n) is 13.1. The Hall–Kier alpha value is -2.21. The summed E-state index contributed by atoms with van der Waals surface area (Å²) in [6, 6.07) is 0. The van der Waals surface area contributed by atoms with Crippen molar-refractivity contribution < 1.29 is 0 Å². The van der Waals surface area contributed by atoms with Crippen LogP contribution in [0.15, 0.2) is 0 Å². The van der Waals surface area contributed by atoms with Gasteiger partial charge >= 0.3 is 0 Å². The van der Waals surface area contributed by atoms with E-state index in [-0.39, 0.29) is 26.3 Å². The van der Waals surface area contributed by atoms with Gasteiger partial charge in [0.05, 0.1) is 16.2 Å². The Labute approximate surface area is 218 Å². The molecular weight excluding hydrogens is 453 g/mol. The van der Waals surface area contributed by atoms with E-state index in [9.17, 15) is 0 Å². The molecule has 0 amide bonds. The number of rotatable bonds is 0. The lowest BCUT2D eigenvalue weighted by molar-refractivity contribution is 0.730.